The number of hydrogen-bond donors (Lipinski definition) is 1. The Morgan fingerprint density at radius 3 is 2.71 bits per heavy atom. The lowest BCUT2D eigenvalue weighted by Gasteiger charge is -2.05. The van der Waals surface area contributed by atoms with E-state index in [4.69, 9.17) is 9.52 Å². The van der Waals surface area contributed by atoms with Gasteiger partial charge in [-0.1, -0.05) is 22.9 Å². The van der Waals surface area contributed by atoms with Crippen LogP contribution in [-0.4, -0.2) is 11.1 Å². The number of aromatic carboxylic acids is 1. The predicted molar refractivity (Wildman–Crippen MR) is 68.2 cm³/mol. The Morgan fingerprint density at radius 2 is 2.12 bits per heavy atom. The summed E-state index contributed by atoms with van der Waals surface area (Å²) in [6.07, 6.45) is 0.859. The Hall–Kier alpha value is -1.55. The number of rotatable bonds is 3. The molecule has 0 fully saturated rings. The van der Waals surface area contributed by atoms with Crippen LogP contribution in [0.5, 0.6) is 0 Å². The zero-order valence-electron chi connectivity index (χ0n) is 9.24. The first-order valence-corrected chi connectivity index (χ1v) is 6.03. The van der Waals surface area contributed by atoms with E-state index in [0.29, 0.717) is 5.76 Å². The number of aryl methyl sites for hydroxylation is 1. The zero-order valence-corrected chi connectivity index (χ0v) is 10.8. The topological polar surface area (TPSA) is 50.4 Å². The smallest absolute Gasteiger partial charge is 0.371 e. The van der Waals surface area contributed by atoms with Crippen molar-refractivity contribution in [2.75, 3.05) is 0 Å². The fourth-order valence-electron chi connectivity index (χ4n) is 1.69. The number of furan rings is 1. The van der Waals surface area contributed by atoms with Crippen LogP contribution in [0.4, 0.5) is 0 Å². The van der Waals surface area contributed by atoms with Crippen molar-refractivity contribution in [3.8, 4) is 11.3 Å². The molecule has 0 saturated carbocycles. The molecule has 1 N–H and O–H groups in total. The molecule has 88 valence electrons. The predicted octanol–water partition coefficient (Wildman–Crippen LogP) is 3.97. The summed E-state index contributed by atoms with van der Waals surface area (Å²) < 4.78 is 6.30. The van der Waals surface area contributed by atoms with Gasteiger partial charge in [-0.15, -0.1) is 0 Å². The van der Waals surface area contributed by atoms with Crippen LogP contribution in [0.1, 0.15) is 23.0 Å². The summed E-state index contributed by atoms with van der Waals surface area (Å²) in [5, 5.41) is 8.81. The average Bonchev–Trinajstić information content (AvgIpc) is 2.78. The summed E-state index contributed by atoms with van der Waals surface area (Å²) in [5.74, 6) is -0.497. The number of carboxylic acid groups (broad SMARTS) is 1. The summed E-state index contributed by atoms with van der Waals surface area (Å²) in [4.78, 5) is 10.8. The normalized spacial score (nSPS) is 10.5. The van der Waals surface area contributed by atoms with Gasteiger partial charge in [0.2, 0.25) is 5.76 Å². The Kier molecular flexibility index (Phi) is 3.33. The van der Waals surface area contributed by atoms with Crippen molar-refractivity contribution >= 4 is 21.9 Å². The fourth-order valence-corrected chi connectivity index (χ4v) is 2.10. The van der Waals surface area contributed by atoms with E-state index < -0.39 is 5.97 Å². The Morgan fingerprint density at radius 1 is 1.35 bits per heavy atom. The number of carbonyl (C=O) groups is 1. The number of hydrogen-bond acceptors (Lipinski definition) is 2. The van der Waals surface area contributed by atoms with Crippen LogP contribution in [-0.2, 0) is 6.42 Å². The van der Waals surface area contributed by atoms with Crippen molar-refractivity contribution in [2.45, 2.75) is 13.3 Å². The van der Waals surface area contributed by atoms with Crippen LogP contribution in [0.25, 0.3) is 11.3 Å². The van der Waals surface area contributed by atoms with E-state index in [2.05, 4.69) is 15.9 Å². The molecule has 3 nitrogen and oxygen atoms in total. The van der Waals surface area contributed by atoms with Crippen LogP contribution in [0.15, 0.2) is 39.2 Å². The number of halogens is 1. The van der Waals surface area contributed by atoms with Gasteiger partial charge in [-0.2, -0.15) is 0 Å². The van der Waals surface area contributed by atoms with Crippen molar-refractivity contribution in [1.29, 1.82) is 0 Å². The molecule has 0 aliphatic rings. The highest BCUT2D eigenvalue weighted by Crippen LogP contribution is 2.28. The lowest BCUT2D eigenvalue weighted by molar-refractivity contribution is 0.0663. The van der Waals surface area contributed by atoms with E-state index in [0.717, 1.165) is 22.0 Å². The molecule has 0 radical (unpaired) electrons. The van der Waals surface area contributed by atoms with E-state index in [1.54, 1.807) is 6.07 Å². The van der Waals surface area contributed by atoms with Gasteiger partial charge in [0, 0.05) is 10.0 Å². The van der Waals surface area contributed by atoms with Crippen molar-refractivity contribution < 1.29 is 14.3 Å². The summed E-state index contributed by atoms with van der Waals surface area (Å²) in [6, 6.07) is 9.01. The van der Waals surface area contributed by atoms with Gasteiger partial charge >= 0.3 is 5.97 Å². The maximum absolute atomic E-state index is 10.8. The van der Waals surface area contributed by atoms with E-state index >= 15 is 0 Å². The molecule has 17 heavy (non-hydrogen) atoms. The zero-order chi connectivity index (χ0) is 12.4. The van der Waals surface area contributed by atoms with Gasteiger partial charge in [0.25, 0.3) is 0 Å². The highest BCUT2D eigenvalue weighted by atomic mass is 79.9. The fraction of sp³-hybridized carbons (Fsp3) is 0.154. The third-order valence-corrected chi connectivity index (χ3v) is 3.02. The molecule has 0 saturated heterocycles. The third kappa shape index (κ3) is 2.42. The second kappa shape index (κ2) is 4.75. The van der Waals surface area contributed by atoms with Gasteiger partial charge in [0.1, 0.15) is 5.76 Å². The molecule has 2 rings (SSSR count). The van der Waals surface area contributed by atoms with Crippen molar-refractivity contribution in [1.82, 2.24) is 0 Å². The monoisotopic (exact) mass is 294 g/mol. The van der Waals surface area contributed by atoms with Crippen molar-refractivity contribution in [3.63, 3.8) is 0 Å². The van der Waals surface area contributed by atoms with Gasteiger partial charge in [-0.25, -0.2) is 4.79 Å². The minimum absolute atomic E-state index is 0.0371. The molecule has 0 spiro atoms. The number of benzene rings is 1. The van der Waals surface area contributed by atoms with Gasteiger partial charge in [0.15, 0.2) is 0 Å². The van der Waals surface area contributed by atoms with Crippen LogP contribution >= 0.6 is 15.9 Å². The quantitative estimate of drug-likeness (QED) is 0.932. The summed E-state index contributed by atoms with van der Waals surface area (Å²) >= 11 is 3.41. The molecular weight excluding hydrogens is 284 g/mol. The molecule has 0 unspecified atom stereocenters. The maximum Gasteiger partial charge on any atom is 0.371 e. The first-order valence-electron chi connectivity index (χ1n) is 5.23. The van der Waals surface area contributed by atoms with Crippen molar-refractivity contribution in [2.24, 2.45) is 0 Å². The minimum Gasteiger partial charge on any atom is -0.475 e. The summed E-state index contributed by atoms with van der Waals surface area (Å²) in [6.45, 7) is 2.05. The summed E-state index contributed by atoms with van der Waals surface area (Å²) in [5.41, 5.74) is 2.05. The number of carboxylic acids is 1. The molecule has 0 aliphatic heterocycles. The van der Waals surface area contributed by atoms with Crippen LogP contribution in [0, 0.1) is 0 Å². The maximum atomic E-state index is 10.8. The lowest BCUT2D eigenvalue weighted by Crippen LogP contribution is -1.92. The second-order valence-corrected chi connectivity index (χ2v) is 4.54. The van der Waals surface area contributed by atoms with Crippen LogP contribution in [0.3, 0.4) is 0 Å². The Labute approximate surface area is 107 Å². The molecule has 1 aromatic heterocycles. The van der Waals surface area contributed by atoms with Gasteiger partial charge in [0.05, 0.1) is 0 Å². The molecule has 0 atom stereocenters. The first-order chi connectivity index (χ1) is 8.11. The molecule has 1 aromatic carbocycles. The van der Waals surface area contributed by atoms with Gasteiger partial charge < -0.3 is 9.52 Å². The van der Waals surface area contributed by atoms with Crippen molar-refractivity contribution in [3.05, 3.63) is 46.1 Å². The Balaban J connectivity index is 2.48. The minimum atomic E-state index is -1.05. The molecule has 4 heteroatoms. The third-order valence-electron chi connectivity index (χ3n) is 2.53. The van der Waals surface area contributed by atoms with E-state index in [-0.39, 0.29) is 5.76 Å². The molecule has 0 bridgehead atoms. The summed E-state index contributed by atoms with van der Waals surface area (Å²) in [7, 11) is 0. The SMILES string of the molecule is CCc1cc(Br)ccc1-c1ccc(C(=O)O)o1. The molecule has 0 amide bonds. The molecule has 0 aliphatic carbocycles. The van der Waals surface area contributed by atoms with E-state index in [1.165, 1.54) is 6.07 Å². The van der Waals surface area contributed by atoms with Crippen LogP contribution < -0.4 is 0 Å². The molecular formula is C13H11BrO3. The molecule has 1 heterocycles. The standard InChI is InChI=1S/C13H11BrO3/c1-2-8-7-9(14)3-4-10(8)11-5-6-12(17-11)13(15)16/h3-7H,2H2,1H3,(H,15,16). The first kappa shape index (κ1) is 11.9. The average molecular weight is 295 g/mol. The lowest BCUT2D eigenvalue weighted by atomic mass is 10.0. The van der Waals surface area contributed by atoms with E-state index in [9.17, 15) is 4.79 Å². The Bertz CT molecular complexity index is 558. The van der Waals surface area contributed by atoms with E-state index in [1.807, 2.05) is 25.1 Å². The molecule has 2 aromatic rings. The highest BCUT2D eigenvalue weighted by Gasteiger charge is 2.12. The van der Waals surface area contributed by atoms with Gasteiger partial charge in [-0.3, -0.25) is 0 Å². The van der Waals surface area contributed by atoms with Gasteiger partial charge in [-0.05, 0) is 42.3 Å². The van der Waals surface area contributed by atoms with Crippen LogP contribution in [0.2, 0.25) is 0 Å². The largest absolute Gasteiger partial charge is 0.475 e. The highest BCUT2D eigenvalue weighted by molar-refractivity contribution is 9.10. The second-order valence-electron chi connectivity index (χ2n) is 3.62.